The van der Waals surface area contributed by atoms with Crippen molar-refractivity contribution in [2.45, 2.75) is 47.6 Å². The van der Waals surface area contributed by atoms with Crippen molar-refractivity contribution < 1.29 is 0 Å². The molecule has 0 fully saturated rings. The van der Waals surface area contributed by atoms with Crippen molar-refractivity contribution in [3.05, 3.63) is 54.6 Å². The largest absolute Gasteiger partial charge is 0.180 e. The van der Waals surface area contributed by atoms with Crippen molar-refractivity contribution in [2.75, 3.05) is 0 Å². The van der Waals surface area contributed by atoms with E-state index in [2.05, 4.69) is 71.0 Å². The summed E-state index contributed by atoms with van der Waals surface area (Å²) in [6.45, 7) is 13.8. The van der Waals surface area contributed by atoms with Crippen LogP contribution in [0.1, 0.15) is 41.5 Å². The topological polar surface area (TPSA) is 24.7 Å². The molecule has 0 saturated carbocycles. The van der Waals surface area contributed by atoms with Crippen molar-refractivity contribution in [3.8, 4) is 0 Å². The molecule has 2 nitrogen and oxygen atoms in total. The van der Waals surface area contributed by atoms with Gasteiger partial charge < -0.3 is 0 Å². The lowest BCUT2D eigenvalue weighted by atomic mass is 9.50. The minimum Gasteiger partial charge on any atom is -0.180 e. The normalized spacial score (nSPS) is 21.5. The molecular formula is C20H28N2. The highest BCUT2D eigenvalue weighted by Gasteiger charge is 2.54. The molecule has 0 aromatic heterocycles. The van der Waals surface area contributed by atoms with Crippen LogP contribution in [0.2, 0.25) is 0 Å². The number of azo groups is 1. The smallest absolute Gasteiger partial charge is 0.0996 e. The lowest BCUT2D eigenvalue weighted by Crippen LogP contribution is -2.52. The second kappa shape index (κ2) is 5.83. The van der Waals surface area contributed by atoms with Gasteiger partial charge in [-0.05, 0) is 23.0 Å². The monoisotopic (exact) mass is 296 g/mol. The molecule has 0 heterocycles. The van der Waals surface area contributed by atoms with Crippen molar-refractivity contribution in [1.29, 1.82) is 0 Å². The van der Waals surface area contributed by atoms with Gasteiger partial charge in [0.25, 0.3) is 0 Å². The zero-order valence-corrected chi connectivity index (χ0v) is 14.7. The highest BCUT2D eigenvalue weighted by Crippen LogP contribution is 2.57. The van der Waals surface area contributed by atoms with E-state index in [1.165, 1.54) is 0 Å². The summed E-state index contributed by atoms with van der Waals surface area (Å²) in [7, 11) is 0. The van der Waals surface area contributed by atoms with Gasteiger partial charge in [0.05, 0.1) is 11.7 Å². The summed E-state index contributed by atoms with van der Waals surface area (Å²) in [4.78, 5) is 0. The van der Waals surface area contributed by atoms with Crippen molar-refractivity contribution in [3.63, 3.8) is 0 Å². The summed E-state index contributed by atoms with van der Waals surface area (Å²) in [5, 5.41) is 9.22. The molecule has 0 bridgehead atoms. The lowest BCUT2D eigenvalue weighted by molar-refractivity contribution is 0.00333. The molecule has 0 amide bonds. The van der Waals surface area contributed by atoms with Crippen molar-refractivity contribution in [1.82, 2.24) is 0 Å². The van der Waals surface area contributed by atoms with Crippen LogP contribution < -0.4 is 0 Å². The first-order chi connectivity index (χ1) is 10.2. The molecule has 1 atom stereocenters. The molecule has 2 heteroatoms. The van der Waals surface area contributed by atoms with E-state index in [0.717, 1.165) is 5.69 Å². The van der Waals surface area contributed by atoms with E-state index in [-0.39, 0.29) is 22.3 Å². The Hall–Kier alpha value is -1.70. The molecule has 0 spiro atoms. The molecule has 0 aliphatic heterocycles. The molecule has 1 unspecified atom stereocenters. The van der Waals surface area contributed by atoms with E-state index in [0.29, 0.717) is 0 Å². The van der Waals surface area contributed by atoms with Crippen LogP contribution >= 0.6 is 0 Å². The number of allylic oxidation sites excluding steroid dienone is 2. The molecule has 1 aromatic carbocycles. The maximum atomic E-state index is 4.73. The highest BCUT2D eigenvalue weighted by molar-refractivity contribution is 5.35. The molecule has 22 heavy (non-hydrogen) atoms. The first-order valence-corrected chi connectivity index (χ1v) is 8.00. The third-order valence-corrected chi connectivity index (χ3v) is 4.77. The number of rotatable bonds is 2. The predicted octanol–water partition coefficient (Wildman–Crippen LogP) is 6.34. The minimum atomic E-state index is -0.0764. The lowest BCUT2D eigenvalue weighted by Gasteiger charge is -2.54. The van der Waals surface area contributed by atoms with Gasteiger partial charge in [-0.3, -0.25) is 0 Å². The fourth-order valence-corrected chi connectivity index (χ4v) is 3.89. The number of hydrogen-bond donors (Lipinski definition) is 0. The number of nitrogens with zero attached hydrogens (tertiary/aromatic N) is 2. The molecule has 1 aromatic rings. The number of benzene rings is 1. The van der Waals surface area contributed by atoms with E-state index in [4.69, 9.17) is 5.11 Å². The van der Waals surface area contributed by atoms with Crippen LogP contribution in [0.25, 0.3) is 0 Å². The van der Waals surface area contributed by atoms with Crippen molar-refractivity contribution >= 4 is 5.69 Å². The summed E-state index contributed by atoms with van der Waals surface area (Å²) in [5.74, 6) is 0. The van der Waals surface area contributed by atoms with Crippen LogP contribution in [0.5, 0.6) is 0 Å². The Morgan fingerprint density at radius 2 is 1.45 bits per heavy atom. The Labute approximate surface area is 135 Å². The first-order valence-electron chi connectivity index (χ1n) is 8.00. The van der Waals surface area contributed by atoms with Gasteiger partial charge in [-0.15, -0.1) is 0 Å². The minimum absolute atomic E-state index is 0.0395. The maximum absolute atomic E-state index is 4.73. The van der Waals surface area contributed by atoms with Crippen LogP contribution in [0, 0.1) is 16.2 Å². The zero-order valence-electron chi connectivity index (χ0n) is 14.7. The summed E-state index contributed by atoms with van der Waals surface area (Å²) >= 11 is 0. The molecule has 118 valence electrons. The Morgan fingerprint density at radius 3 is 2.00 bits per heavy atom. The average molecular weight is 296 g/mol. The summed E-state index contributed by atoms with van der Waals surface area (Å²) in [6, 6.07) is 10.00. The quantitative estimate of drug-likeness (QED) is 0.569. The van der Waals surface area contributed by atoms with Gasteiger partial charge >= 0.3 is 0 Å². The Kier molecular flexibility index (Phi) is 4.42. The van der Waals surface area contributed by atoms with Gasteiger partial charge in [0.1, 0.15) is 0 Å². The molecular weight excluding hydrogens is 268 g/mol. The van der Waals surface area contributed by atoms with Crippen molar-refractivity contribution in [2.24, 2.45) is 26.5 Å². The summed E-state index contributed by atoms with van der Waals surface area (Å²) < 4.78 is 0. The molecule has 0 N–H and O–H groups in total. The zero-order chi connectivity index (χ0) is 16.4. The standard InChI is InChI=1S/C20H28N2/c1-18(2,3)20(19(4,5)6)15-11-10-14-17(20)22-21-16-12-8-7-9-13-16/h7-15,17H,1-6H3. The third kappa shape index (κ3) is 2.92. The third-order valence-electron chi connectivity index (χ3n) is 4.77. The molecule has 2 rings (SSSR count). The Morgan fingerprint density at radius 1 is 0.864 bits per heavy atom. The molecule has 1 aliphatic carbocycles. The van der Waals surface area contributed by atoms with Gasteiger partial charge in [-0.1, -0.05) is 84.0 Å². The molecule has 1 aliphatic rings. The SMILES string of the molecule is CC(C)(C)C1(C(C)(C)C)C=CC=CC1N=Nc1ccccc1. The van der Waals surface area contributed by atoms with Gasteiger partial charge in [0.15, 0.2) is 0 Å². The van der Waals surface area contributed by atoms with E-state index in [1.54, 1.807) is 0 Å². The van der Waals surface area contributed by atoms with Crippen LogP contribution in [-0.4, -0.2) is 6.04 Å². The van der Waals surface area contributed by atoms with Crippen LogP contribution in [-0.2, 0) is 0 Å². The van der Waals surface area contributed by atoms with Crippen LogP contribution in [0.4, 0.5) is 5.69 Å². The van der Waals surface area contributed by atoms with Crippen LogP contribution in [0.15, 0.2) is 64.9 Å². The second-order valence-electron chi connectivity index (χ2n) is 8.11. The van der Waals surface area contributed by atoms with E-state index < -0.39 is 0 Å². The van der Waals surface area contributed by atoms with E-state index >= 15 is 0 Å². The molecule has 0 radical (unpaired) electrons. The number of hydrogen-bond acceptors (Lipinski definition) is 2. The fraction of sp³-hybridized carbons (Fsp3) is 0.500. The Bertz CT molecular complexity index is 566. The second-order valence-corrected chi connectivity index (χ2v) is 8.11. The summed E-state index contributed by atoms with van der Waals surface area (Å²) in [5.41, 5.74) is 0.981. The fourth-order valence-electron chi connectivity index (χ4n) is 3.89. The first kappa shape index (κ1) is 16.7. The van der Waals surface area contributed by atoms with Gasteiger partial charge in [-0.25, -0.2) is 0 Å². The Balaban J connectivity index is 2.46. The van der Waals surface area contributed by atoms with Crippen LogP contribution in [0.3, 0.4) is 0 Å². The van der Waals surface area contributed by atoms with Gasteiger partial charge in [0.2, 0.25) is 0 Å². The summed E-state index contributed by atoms with van der Waals surface area (Å²) in [6.07, 6.45) is 8.76. The maximum Gasteiger partial charge on any atom is 0.0996 e. The van der Waals surface area contributed by atoms with E-state index in [1.807, 2.05) is 30.3 Å². The molecule has 0 saturated heterocycles. The van der Waals surface area contributed by atoms with Gasteiger partial charge in [0, 0.05) is 5.41 Å². The predicted molar refractivity (Wildman–Crippen MR) is 94.4 cm³/mol. The highest BCUT2D eigenvalue weighted by atomic mass is 15.1. The van der Waals surface area contributed by atoms with Gasteiger partial charge in [-0.2, -0.15) is 10.2 Å². The van der Waals surface area contributed by atoms with E-state index in [9.17, 15) is 0 Å². The average Bonchev–Trinajstić information content (AvgIpc) is 2.44.